The highest BCUT2D eigenvalue weighted by Crippen LogP contribution is 2.32. The molecule has 0 aromatic rings. The normalized spacial score (nSPS) is 9.91. The molecule has 0 aromatic heterocycles. The van der Waals surface area contributed by atoms with E-state index in [0.717, 1.165) is 0 Å². The summed E-state index contributed by atoms with van der Waals surface area (Å²) in [6, 6.07) is 0. The Morgan fingerprint density at radius 1 is 1.27 bits per heavy atom. The monoisotopic (exact) mass is 207 g/mol. The molecule has 0 aromatic carbocycles. The third-order valence-corrected chi connectivity index (χ3v) is 1.17. The average Bonchev–Trinajstić information content (AvgIpc) is 1.58. The molecule has 11 heavy (non-hydrogen) atoms. The summed E-state index contributed by atoms with van der Waals surface area (Å²) >= 11 is 0. The molecular formula is C2H9O7P2+. The molecule has 0 radical (unpaired) electrons. The second-order valence-electron chi connectivity index (χ2n) is 1.36. The van der Waals surface area contributed by atoms with Crippen molar-refractivity contribution < 1.29 is 33.8 Å². The molecule has 0 aliphatic rings. The molecule has 5 N–H and O–H groups in total. The number of hydrogen-bond acceptors (Lipinski definition) is 3. The first kappa shape index (κ1) is 13.7. The zero-order chi connectivity index (χ0) is 9.49. The van der Waals surface area contributed by atoms with Crippen molar-refractivity contribution in [3.05, 3.63) is 0 Å². The molecule has 0 rings (SSSR count). The van der Waals surface area contributed by atoms with Gasteiger partial charge in [-0.1, -0.05) is 0 Å². The molecule has 68 valence electrons. The minimum atomic E-state index is -3.92. The van der Waals surface area contributed by atoms with Crippen LogP contribution in [0.1, 0.15) is 0 Å². The molecular weight excluding hydrogens is 198 g/mol. The van der Waals surface area contributed by atoms with Crippen LogP contribution in [-0.2, 0) is 9.13 Å². The predicted octanol–water partition coefficient (Wildman–Crippen LogP) is -1.22. The van der Waals surface area contributed by atoms with E-state index in [0.29, 0.717) is 0 Å². The largest absolute Gasteiger partial charge is 0.692 e. The molecule has 0 atom stereocenters. The Hall–Kier alpha value is 0.130. The topological polar surface area (TPSA) is 135 Å². The van der Waals surface area contributed by atoms with E-state index >= 15 is 0 Å². The Morgan fingerprint density at radius 3 is 1.55 bits per heavy atom. The lowest BCUT2D eigenvalue weighted by atomic mass is 10.9. The highest BCUT2D eigenvalue weighted by molar-refractivity contribution is 7.51. The Labute approximate surface area is 63.4 Å². The average molecular weight is 207 g/mol. The van der Waals surface area contributed by atoms with Gasteiger partial charge < -0.3 is 14.9 Å². The quantitative estimate of drug-likeness (QED) is 0.358. The molecule has 0 unspecified atom stereocenters. The summed E-state index contributed by atoms with van der Waals surface area (Å²) in [7, 11) is -6.79. The fraction of sp³-hybridized carbons (Fsp3) is 1.00. The van der Waals surface area contributed by atoms with Crippen LogP contribution in [-0.4, -0.2) is 37.4 Å². The van der Waals surface area contributed by atoms with E-state index in [9.17, 15) is 4.57 Å². The summed E-state index contributed by atoms with van der Waals surface area (Å²) in [6.45, 7) is -0.454. The van der Waals surface area contributed by atoms with Crippen molar-refractivity contribution in [1.82, 2.24) is 0 Å². The maximum atomic E-state index is 9.77. The maximum Gasteiger partial charge on any atom is 0.692 e. The number of aliphatic hydroxyl groups is 1. The van der Waals surface area contributed by atoms with Gasteiger partial charge in [0, 0.05) is 4.57 Å². The van der Waals surface area contributed by atoms with E-state index in [2.05, 4.69) is 0 Å². The van der Waals surface area contributed by atoms with Crippen molar-refractivity contribution >= 4 is 15.9 Å². The Bertz CT molecular complexity index is 145. The molecule has 0 bridgehead atoms. The van der Waals surface area contributed by atoms with Gasteiger partial charge in [-0.15, -0.1) is 9.79 Å². The van der Waals surface area contributed by atoms with Crippen molar-refractivity contribution in [3.63, 3.8) is 0 Å². The maximum absolute atomic E-state index is 9.77. The minimum Gasteiger partial charge on any atom is -0.396 e. The van der Waals surface area contributed by atoms with Crippen LogP contribution in [0.2, 0.25) is 0 Å². The Kier molecular flexibility index (Phi) is 8.49. The van der Waals surface area contributed by atoms with Gasteiger partial charge in [0.1, 0.15) is 0 Å². The number of hydrogen-bond donors (Lipinski definition) is 5. The molecule has 0 spiro atoms. The van der Waals surface area contributed by atoms with E-state index in [1.165, 1.54) is 0 Å². The molecule has 0 saturated carbocycles. The van der Waals surface area contributed by atoms with Crippen molar-refractivity contribution in [2.75, 3.05) is 12.8 Å². The molecule has 0 fully saturated rings. The second kappa shape index (κ2) is 6.82. The van der Waals surface area contributed by atoms with Gasteiger partial charge in [-0.3, -0.25) is 4.57 Å². The summed E-state index contributed by atoms with van der Waals surface area (Å²) in [6.07, 6.45) is -0.438. The predicted molar refractivity (Wildman–Crippen MR) is 36.0 cm³/mol. The van der Waals surface area contributed by atoms with Crippen LogP contribution in [0.15, 0.2) is 0 Å². The van der Waals surface area contributed by atoms with Crippen molar-refractivity contribution in [2.45, 2.75) is 0 Å². The smallest absolute Gasteiger partial charge is 0.396 e. The Morgan fingerprint density at radius 2 is 1.55 bits per heavy atom. The lowest BCUT2D eigenvalue weighted by molar-refractivity contribution is 0.299. The van der Waals surface area contributed by atoms with Crippen LogP contribution in [0.4, 0.5) is 0 Å². The molecule has 0 aliphatic carbocycles. The van der Waals surface area contributed by atoms with Crippen molar-refractivity contribution in [2.24, 2.45) is 0 Å². The molecule has 0 amide bonds. The number of aliphatic hydroxyl groups excluding tert-OH is 1. The van der Waals surface area contributed by atoms with Crippen LogP contribution in [0.5, 0.6) is 0 Å². The second-order valence-corrected chi connectivity index (χ2v) is 3.65. The highest BCUT2D eigenvalue weighted by Gasteiger charge is 2.09. The first-order valence-electron chi connectivity index (χ1n) is 2.30. The van der Waals surface area contributed by atoms with Gasteiger partial charge in [-0.2, -0.15) is 0 Å². The highest BCUT2D eigenvalue weighted by atomic mass is 31.2. The van der Waals surface area contributed by atoms with Gasteiger partial charge in [-0.25, -0.2) is 0 Å². The van der Waals surface area contributed by atoms with Crippen LogP contribution in [0.25, 0.3) is 0 Å². The third-order valence-electron chi connectivity index (χ3n) is 0.391. The lowest BCUT2D eigenvalue weighted by Crippen LogP contribution is -1.91. The minimum absolute atomic E-state index is 0.438. The summed E-state index contributed by atoms with van der Waals surface area (Å²) < 4.78 is 18.5. The van der Waals surface area contributed by atoms with Crippen molar-refractivity contribution in [3.8, 4) is 0 Å². The van der Waals surface area contributed by atoms with E-state index < -0.39 is 28.6 Å². The first-order valence-corrected chi connectivity index (χ1v) is 5.26. The van der Waals surface area contributed by atoms with E-state index in [1.807, 2.05) is 0 Å². The van der Waals surface area contributed by atoms with Gasteiger partial charge in [-0.05, 0) is 0 Å². The molecule has 0 saturated heterocycles. The number of rotatable bonds is 2. The summed E-state index contributed by atoms with van der Waals surface area (Å²) in [5, 5.41) is 7.91. The van der Waals surface area contributed by atoms with Gasteiger partial charge in [0.05, 0.1) is 12.8 Å². The Balaban J connectivity index is 0. The van der Waals surface area contributed by atoms with E-state index in [-0.39, 0.29) is 0 Å². The lowest BCUT2D eigenvalue weighted by Gasteiger charge is -1.96. The van der Waals surface area contributed by atoms with E-state index in [4.69, 9.17) is 29.2 Å². The summed E-state index contributed by atoms with van der Waals surface area (Å²) in [5.41, 5.74) is 0. The third kappa shape index (κ3) is 39.3. The van der Waals surface area contributed by atoms with Gasteiger partial charge in [0.15, 0.2) is 0 Å². The van der Waals surface area contributed by atoms with E-state index in [1.54, 1.807) is 0 Å². The SMILES string of the molecule is O=P(O)(O)CCO.O=[P+](O)O. The first-order chi connectivity index (χ1) is 4.79. The standard InChI is InChI=1S/C2H7O4P.HO3P/c3-1-2-7(4,5)6;1-4(2)3/h3H,1-2H2,(H2,4,5,6);(H-,1,2,3)/p+1. The van der Waals surface area contributed by atoms with Gasteiger partial charge in [0.2, 0.25) is 0 Å². The molecule has 9 heteroatoms. The zero-order valence-electron chi connectivity index (χ0n) is 5.36. The molecule has 7 nitrogen and oxygen atoms in total. The van der Waals surface area contributed by atoms with Crippen LogP contribution in [0, 0.1) is 0 Å². The summed E-state index contributed by atoms with van der Waals surface area (Å²) in [5.74, 6) is 0. The fourth-order valence-electron chi connectivity index (χ4n) is 0.130. The van der Waals surface area contributed by atoms with Crippen molar-refractivity contribution in [1.29, 1.82) is 0 Å². The summed E-state index contributed by atoms with van der Waals surface area (Å²) in [4.78, 5) is 30.2. The fourth-order valence-corrected chi connectivity index (χ4v) is 0.391. The van der Waals surface area contributed by atoms with Crippen LogP contribution < -0.4 is 0 Å². The van der Waals surface area contributed by atoms with Gasteiger partial charge in [0.25, 0.3) is 0 Å². The van der Waals surface area contributed by atoms with Crippen LogP contribution >= 0.6 is 15.9 Å². The van der Waals surface area contributed by atoms with Gasteiger partial charge >= 0.3 is 15.9 Å². The molecule has 0 heterocycles. The zero-order valence-corrected chi connectivity index (χ0v) is 7.15. The van der Waals surface area contributed by atoms with Crippen LogP contribution in [0.3, 0.4) is 0 Å². The molecule has 0 aliphatic heterocycles.